The van der Waals surface area contributed by atoms with E-state index in [-0.39, 0.29) is 5.91 Å². The van der Waals surface area contributed by atoms with Gasteiger partial charge in [0.05, 0.1) is 11.8 Å². The zero-order valence-corrected chi connectivity index (χ0v) is 10.8. The van der Waals surface area contributed by atoms with Crippen LogP contribution < -0.4 is 5.32 Å². The van der Waals surface area contributed by atoms with Crippen molar-refractivity contribution < 1.29 is 4.79 Å². The van der Waals surface area contributed by atoms with Crippen molar-refractivity contribution >= 4 is 5.91 Å². The Labute approximate surface area is 102 Å². The van der Waals surface area contributed by atoms with Crippen molar-refractivity contribution in [3.63, 3.8) is 0 Å². The fourth-order valence-electron chi connectivity index (χ4n) is 2.44. The van der Waals surface area contributed by atoms with Crippen LogP contribution in [0.25, 0.3) is 0 Å². The number of carbonyl (C=O) groups is 1. The molecule has 1 amide bonds. The summed E-state index contributed by atoms with van der Waals surface area (Å²) in [4.78, 5) is 11.9. The molecule has 2 rings (SSSR count). The van der Waals surface area contributed by atoms with Gasteiger partial charge in [0.1, 0.15) is 0 Å². The summed E-state index contributed by atoms with van der Waals surface area (Å²) in [5, 5.41) is 9.68. The van der Waals surface area contributed by atoms with Crippen LogP contribution in [0.5, 0.6) is 0 Å². The predicted molar refractivity (Wildman–Crippen MR) is 66.8 cm³/mol. The molecule has 0 radical (unpaired) electrons. The van der Waals surface area contributed by atoms with Crippen molar-refractivity contribution in [3.8, 4) is 0 Å². The van der Waals surface area contributed by atoms with E-state index in [1.807, 2.05) is 6.92 Å². The van der Waals surface area contributed by atoms with Gasteiger partial charge in [-0.2, -0.15) is 5.10 Å². The maximum Gasteiger partial charge on any atom is 0.254 e. The fourth-order valence-corrected chi connectivity index (χ4v) is 2.44. The maximum absolute atomic E-state index is 11.9. The Bertz CT molecular complexity index is 405. The summed E-state index contributed by atoms with van der Waals surface area (Å²) in [7, 11) is 0. The summed E-state index contributed by atoms with van der Waals surface area (Å²) in [6.07, 6.45) is 5.29. The largest absolute Gasteiger partial charge is 0.351 e. The minimum atomic E-state index is -0.00807. The van der Waals surface area contributed by atoms with Crippen LogP contribution in [-0.2, 0) is 0 Å². The Balaban J connectivity index is 1.87. The fraction of sp³-hybridized carbons (Fsp3) is 0.692. The lowest BCUT2D eigenvalue weighted by molar-refractivity contribution is 0.0942. The highest BCUT2D eigenvalue weighted by Gasteiger charge is 2.42. The number of nitrogens with one attached hydrogen (secondary N) is 2. The van der Waals surface area contributed by atoms with Gasteiger partial charge in [0, 0.05) is 12.2 Å². The third kappa shape index (κ3) is 2.87. The van der Waals surface area contributed by atoms with Crippen LogP contribution in [0.2, 0.25) is 0 Å². The number of H-pyrrole nitrogens is 1. The molecule has 1 aliphatic carbocycles. The Hall–Kier alpha value is -1.32. The lowest BCUT2D eigenvalue weighted by Gasteiger charge is -2.18. The molecule has 0 bridgehead atoms. The molecular formula is C13H21N3O. The first-order chi connectivity index (χ1) is 8.02. The molecule has 1 heterocycles. The van der Waals surface area contributed by atoms with Crippen molar-refractivity contribution in [1.82, 2.24) is 15.5 Å². The summed E-state index contributed by atoms with van der Waals surface area (Å²) in [6.45, 7) is 7.14. The summed E-state index contributed by atoms with van der Waals surface area (Å²) < 4.78 is 0. The standard InChI is InChI=1S/C13H21N3O/c1-9(2)6-13(4-5-13)8-14-12(17)11-7-15-16-10(11)3/h7,9H,4-6,8H2,1-3H3,(H,14,17)(H,15,16). The molecule has 17 heavy (non-hydrogen) atoms. The molecule has 4 heteroatoms. The highest BCUT2D eigenvalue weighted by Crippen LogP contribution is 2.50. The zero-order valence-electron chi connectivity index (χ0n) is 10.8. The molecule has 0 aliphatic heterocycles. The second kappa shape index (κ2) is 4.51. The summed E-state index contributed by atoms with van der Waals surface area (Å²) in [6, 6.07) is 0. The lowest BCUT2D eigenvalue weighted by atomic mass is 9.94. The molecule has 0 aromatic carbocycles. The van der Waals surface area contributed by atoms with Crippen molar-refractivity contribution in [1.29, 1.82) is 0 Å². The number of hydrogen-bond donors (Lipinski definition) is 2. The van der Waals surface area contributed by atoms with E-state index < -0.39 is 0 Å². The second-order valence-corrected chi connectivity index (χ2v) is 5.69. The molecule has 4 nitrogen and oxygen atoms in total. The third-order valence-corrected chi connectivity index (χ3v) is 3.50. The lowest BCUT2D eigenvalue weighted by Crippen LogP contribution is -2.31. The number of rotatable bonds is 5. The number of aromatic amines is 1. The Morgan fingerprint density at radius 2 is 2.29 bits per heavy atom. The van der Waals surface area contributed by atoms with Gasteiger partial charge in [0.15, 0.2) is 0 Å². The van der Waals surface area contributed by atoms with Crippen LogP contribution in [0, 0.1) is 18.3 Å². The van der Waals surface area contributed by atoms with Gasteiger partial charge in [-0.1, -0.05) is 13.8 Å². The average Bonchev–Trinajstić information content (AvgIpc) is 2.87. The van der Waals surface area contributed by atoms with Crippen LogP contribution in [0.15, 0.2) is 6.20 Å². The van der Waals surface area contributed by atoms with Gasteiger partial charge in [0.25, 0.3) is 5.91 Å². The summed E-state index contributed by atoms with van der Waals surface area (Å²) in [5.74, 6) is 0.691. The molecule has 0 unspecified atom stereocenters. The van der Waals surface area contributed by atoms with Crippen LogP contribution in [0.4, 0.5) is 0 Å². The number of aryl methyl sites for hydroxylation is 1. The van der Waals surface area contributed by atoms with E-state index >= 15 is 0 Å². The SMILES string of the molecule is Cc1[nH]ncc1C(=O)NCC1(CC(C)C)CC1. The monoisotopic (exact) mass is 235 g/mol. The van der Waals surface area contributed by atoms with Crippen LogP contribution in [0.3, 0.4) is 0 Å². The van der Waals surface area contributed by atoms with Gasteiger partial charge >= 0.3 is 0 Å². The van der Waals surface area contributed by atoms with Crippen molar-refractivity contribution in [2.24, 2.45) is 11.3 Å². The maximum atomic E-state index is 11.9. The molecule has 1 fully saturated rings. The molecular weight excluding hydrogens is 214 g/mol. The van der Waals surface area contributed by atoms with Crippen LogP contribution >= 0.6 is 0 Å². The second-order valence-electron chi connectivity index (χ2n) is 5.69. The minimum absolute atomic E-state index is 0.00807. The Kier molecular flexibility index (Phi) is 3.22. The molecule has 0 atom stereocenters. The summed E-state index contributed by atoms with van der Waals surface area (Å²) in [5.41, 5.74) is 1.86. The highest BCUT2D eigenvalue weighted by atomic mass is 16.1. The summed E-state index contributed by atoms with van der Waals surface area (Å²) >= 11 is 0. The quantitative estimate of drug-likeness (QED) is 0.822. The number of nitrogens with zero attached hydrogens (tertiary/aromatic N) is 1. The molecule has 1 aliphatic rings. The molecule has 94 valence electrons. The van der Waals surface area contributed by atoms with Gasteiger partial charge < -0.3 is 5.32 Å². The molecule has 1 saturated carbocycles. The molecule has 1 aromatic heterocycles. The predicted octanol–water partition coefficient (Wildman–Crippen LogP) is 2.27. The third-order valence-electron chi connectivity index (χ3n) is 3.50. The molecule has 2 N–H and O–H groups in total. The topological polar surface area (TPSA) is 57.8 Å². The first-order valence-electron chi connectivity index (χ1n) is 6.31. The van der Waals surface area contributed by atoms with E-state index in [1.165, 1.54) is 19.3 Å². The van der Waals surface area contributed by atoms with E-state index in [2.05, 4.69) is 29.4 Å². The van der Waals surface area contributed by atoms with E-state index in [1.54, 1.807) is 6.20 Å². The number of amides is 1. The zero-order chi connectivity index (χ0) is 12.5. The number of carbonyl (C=O) groups excluding carboxylic acids is 1. The van der Waals surface area contributed by atoms with Gasteiger partial charge in [-0.05, 0) is 37.5 Å². The van der Waals surface area contributed by atoms with Crippen LogP contribution in [0.1, 0.15) is 49.2 Å². The Morgan fingerprint density at radius 3 is 2.76 bits per heavy atom. The van der Waals surface area contributed by atoms with Crippen molar-refractivity contribution in [2.75, 3.05) is 6.54 Å². The highest BCUT2D eigenvalue weighted by molar-refractivity contribution is 5.94. The average molecular weight is 235 g/mol. The number of aromatic nitrogens is 2. The van der Waals surface area contributed by atoms with E-state index in [0.717, 1.165) is 12.2 Å². The van der Waals surface area contributed by atoms with Crippen molar-refractivity contribution in [2.45, 2.75) is 40.0 Å². The first kappa shape index (κ1) is 12.1. The molecule has 0 spiro atoms. The first-order valence-corrected chi connectivity index (χ1v) is 6.31. The minimum Gasteiger partial charge on any atom is -0.351 e. The molecule has 1 aromatic rings. The van der Waals surface area contributed by atoms with Gasteiger partial charge in [0.2, 0.25) is 0 Å². The Morgan fingerprint density at radius 1 is 1.59 bits per heavy atom. The normalized spacial score (nSPS) is 17.2. The smallest absolute Gasteiger partial charge is 0.254 e. The molecule has 0 saturated heterocycles. The van der Waals surface area contributed by atoms with Crippen LogP contribution in [-0.4, -0.2) is 22.6 Å². The number of hydrogen-bond acceptors (Lipinski definition) is 2. The van der Waals surface area contributed by atoms with Gasteiger partial charge in [-0.25, -0.2) is 0 Å². The van der Waals surface area contributed by atoms with E-state index in [9.17, 15) is 4.79 Å². The van der Waals surface area contributed by atoms with E-state index in [0.29, 0.717) is 16.9 Å². The van der Waals surface area contributed by atoms with Gasteiger partial charge in [-0.15, -0.1) is 0 Å². The van der Waals surface area contributed by atoms with Gasteiger partial charge in [-0.3, -0.25) is 9.89 Å². The van der Waals surface area contributed by atoms with E-state index in [4.69, 9.17) is 0 Å². The van der Waals surface area contributed by atoms with Crippen molar-refractivity contribution in [3.05, 3.63) is 17.5 Å².